The number of rotatable bonds is 4. The summed E-state index contributed by atoms with van der Waals surface area (Å²) in [5.41, 5.74) is 0.895. The molecule has 0 atom stereocenters. The lowest BCUT2D eigenvalue weighted by Crippen LogP contribution is -2.17. The van der Waals surface area contributed by atoms with Gasteiger partial charge in [0.25, 0.3) is 5.56 Å². The van der Waals surface area contributed by atoms with Crippen molar-refractivity contribution in [1.82, 2.24) is 4.57 Å². The molecule has 0 aromatic carbocycles. The van der Waals surface area contributed by atoms with Gasteiger partial charge in [-0.15, -0.1) is 0 Å². The number of anilines is 1. The molecule has 2 rings (SSSR count). The molecule has 2 aromatic heterocycles. The van der Waals surface area contributed by atoms with Crippen LogP contribution in [0.5, 0.6) is 0 Å². The molecule has 0 saturated heterocycles. The van der Waals surface area contributed by atoms with Gasteiger partial charge in [-0.1, -0.05) is 0 Å². The van der Waals surface area contributed by atoms with Crippen molar-refractivity contribution in [1.29, 1.82) is 0 Å². The van der Waals surface area contributed by atoms with E-state index in [1.807, 2.05) is 13.0 Å². The zero-order chi connectivity index (χ0) is 13.1. The fourth-order valence-corrected chi connectivity index (χ4v) is 2.21. The molecular weight excluding hydrogens is 364 g/mol. The Labute approximate surface area is 121 Å². The summed E-state index contributed by atoms with van der Waals surface area (Å²) in [4.78, 5) is 11.4. The molecule has 96 valence electrons. The van der Waals surface area contributed by atoms with Crippen LogP contribution in [0, 0.1) is 0 Å². The van der Waals surface area contributed by atoms with Crippen molar-refractivity contribution in [2.24, 2.45) is 0 Å². The Bertz CT molecular complexity index is 585. The van der Waals surface area contributed by atoms with Crippen molar-refractivity contribution in [3.8, 4) is 0 Å². The highest BCUT2D eigenvalue weighted by Crippen LogP contribution is 2.27. The summed E-state index contributed by atoms with van der Waals surface area (Å²) in [6.07, 6.45) is 1.80. The van der Waals surface area contributed by atoms with E-state index in [-0.39, 0.29) is 5.56 Å². The van der Waals surface area contributed by atoms with E-state index in [4.69, 9.17) is 4.42 Å². The smallest absolute Gasteiger partial charge is 0.250 e. The number of nitrogens with one attached hydrogen (secondary N) is 1. The van der Waals surface area contributed by atoms with Crippen LogP contribution in [0.1, 0.15) is 12.7 Å². The first-order valence-corrected chi connectivity index (χ1v) is 7.07. The Balaban J connectivity index is 2.08. The first kappa shape index (κ1) is 13.4. The van der Waals surface area contributed by atoms with Crippen LogP contribution >= 0.6 is 31.9 Å². The van der Waals surface area contributed by atoms with E-state index >= 15 is 0 Å². The van der Waals surface area contributed by atoms with Gasteiger partial charge in [0.05, 0.1) is 16.7 Å². The molecule has 0 saturated carbocycles. The normalized spacial score (nSPS) is 10.6. The van der Waals surface area contributed by atoms with Gasteiger partial charge >= 0.3 is 0 Å². The Morgan fingerprint density at radius 3 is 2.78 bits per heavy atom. The third-order valence-electron chi connectivity index (χ3n) is 2.49. The predicted octanol–water partition coefficient (Wildman–Crippen LogP) is 3.60. The molecule has 0 fully saturated rings. The minimum absolute atomic E-state index is 0.00605. The van der Waals surface area contributed by atoms with Crippen LogP contribution in [0.25, 0.3) is 0 Å². The molecule has 18 heavy (non-hydrogen) atoms. The molecule has 0 spiro atoms. The number of pyridine rings is 1. The maximum Gasteiger partial charge on any atom is 0.250 e. The third kappa shape index (κ3) is 3.05. The molecule has 2 aromatic rings. The van der Waals surface area contributed by atoms with Gasteiger partial charge in [-0.3, -0.25) is 4.79 Å². The molecule has 0 aliphatic heterocycles. The highest BCUT2D eigenvalue weighted by Gasteiger charge is 2.05. The Kier molecular flexibility index (Phi) is 4.29. The van der Waals surface area contributed by atoms with Gasteiger partial charge in [0, 0.05) is 18.8 Å². The van der Waals surface area contributed by atoms with E-state index < -0.39 is 0 Å². The summed E-state index contributed by atoms with van der Waals surface area (Å²) in [7, 11) is 0. The van der Waals surface area contributed by atoms with Crippen molar-refractivity contribution in [3.05, 3.63) is 49.7 Å². The highest BCUT2D eigenvalue weighted by atomic mass is 79.9. The van der Waals surface area contributed by atoms with Gasteiger partial charge in [-0.2, -0.15) is 0 Å². The van der Waals surface area contributed by atoms with Crippen LogP contribution < -0.4 is 10.9 Å². The van der Waals surface area contributed by atoms with E-state index in [1.165, 1.54) is 0 Å². The van der Waals surface area contributed by atoms with Crippen LogP contribution in [0.4, 0.5) is 5.69 Å². The minimum atomic E-state index is 0.00605. The number of halogens is 2. The van der Waals surface area contributed by atoms with Gasteiger partial charge < -0.3 is 14.3 Å². The number of furan rings is 1. The van der Waals surface area contributed by atoms with Crippen molar-refractivity contribution >= 4 is 37.5 Å². The van der Waals surface area contributed by atoms with Crippen molar-refractivity contribution in [3.63, 3.8) is 0 Å². The molecule has 0 bridgehead atoms. The molecular formula is C12H12Br2N2O2. The summed E-state index contributed by atoms with van der Waals surface area (Å²) in [6.45, 7) is 3.16. The number of nitrogens with zero attached hydrogens (tertiary/aromatic N) is 1. The fraction of sp³-hybridized carbons (Fsp3) is 0.250. The van der Waals surface area contributed by atoms with Crippen LogP contribution in [0.15, 0.2) is 42.7 Å². The Hall–Kier alpha value is -1.01. The largest absolute Gasteiger partial charge is 0.451 e. The second kappa shape index (κ2) is 5.75. The quantitative estimate of drug-likeness (QED) is 0.888. The predicted molar refractivity (Wildman–Crippen MR) is 77.8 cm³/mol. The van der Waals surface area contributed by atoms with Crippen molar-refractivity contribution in [2.45, 2.75) is 20.0 Å². The standard InChI is InChI=1S/C12H12Br2N2O2/c1-2-16-7-8(3-4-11(16)17)15-6-9-5-10(13)12(14)18-9/h3-5,7,15H,2,6H2,1H3. The maximum absolute atomic E-state index is 11.4. The second-order valence-corrected chi connectivity index (χ2v) is 5.30. The lowest BCUT2D eigenvalue weighted by atomic mass is 10.3. The fourth-order valence-electron chi connectivity index (χ4n) is 1.55. The van der Waals surface area contributed by atoms with E-state index in [0.717, 1.165) is 15.9 Å². The molecule has 0 aliphatic carbocycles. The minimum Gasteiger partial charge on any atom is -0.451 e. The number of aryl methyl sites for hydroxylation is 1. The lowest BCUT2D eigenvalue weighted by molar-refractivity contribution is 0.494. The SMILES string of the molecule is CCn1cc(NCc2cc(Br)c(Br)o2)ccc1=O. The summed E-state index contributed by atoms with van der Waals surface area (Å²) >= 11 is 6.65. The van der Waals surface area contributed by atoms with E-state index in [9.17, 15) is 4.79 Å². The number of hydrogen-bond donors (Lipinski definition) is 1. The zero-order valence-corrected chi connectivity index (χ0v) is 12.9. The van der Waals surface area contributed by atoms with Crippen LogP contribution in [-0.2, 0) is 13.1 Å². The zero-order valence-electron chi connectivity index (χ0n) is 9.74. The molecule has 0 radical (unpaired) electrons. The molecule has 0 amide bonds. The van der Waals surface area contributed by atoms with Crippen LogP contribution in [-0.4, -0.2) is 4.57 Å². The molecule has 0 aliphatic rings. The topological polar surface area (TPSA) is 47.2 Å². The van der Waals surface area contributed by atoms with Crippen LogP contribution in [0.3, 0.4) is 0 Å². The van der Waals surface area contributed by atoms with Gasteiger partial charge in [0.15, 0.2) is 4.67 Å². The van der Waals surface area contributed by atoms with Crippen molar-refractivity contribution in [2.75, 3.05) is 5.32 Å². The summed E-state index contributed by atoms with van der Waals surface area (Å²) in [5.74, 6) is 0.808. The first-order valence-electron chi connectivity index (χ1n) is 5.48. The van der Waals surface area contributed by atoms with Crippen molar-refractivity contribution < 1.29 is 4.42 Å². The average molecular weight is 376 g/mol. The maximum atomic E-state index is 11.4. The molecule has 2 heterocycles. The third-order valence-corrected chi connectivity index (χ3v) is 4.20. The first-order chi connectivity index (χ1) is 8.60. The lowest BCUT2D eigenvalue weighted by Gasteiger charge is -2.07. The Morgan fingerprint density at radius 2 is 2.17 bits per heavy atom. The van der Waals surface area contributed by atoms with E-state index in [1.54, 1.807) is 22.9 Å². The summed E-state index contributed by atoms with van der Waals surface area (Å²) < 4.78 is 8.67. The monoisotopic (exact) mass is 374 g/mol. The van der Waals surface area contributed by atoms with Gasteiger partial charge in [-0.25, -0.2) is 0 Å². The van der Waals surface area contributed by atoms with Gasteiger partial charge in [0.1, 0.15) is 5.76 Å². The summed E-state index contributed by atoms with van der Waals surface area (Å²) in [5, 5.41) is 3.21. The highest BCUT2D eigenvalue weighted by molar-refractivity contribution is 9.13. The molecule has 0 unspecified atom stereocenters. The number of aromatic nitrogens is 1. The van der Waals surface area contributed by atoms with Gasteiger partial charge in [-0.05, 0) is 50.9 Å². The van der Waals surface area contributed by atoms with E-state index in [0.29, 0.717) is 17.8 Å². The average Bonchev–Trinajstić information content (AvgIpc) is 2.68. The Morgan fingerprint density at radius 1 is 1.39 bits per heavy atom. The van der Waals surface area contributed by atoms with Crippen LogP contribution in [0.2, 0.25) is 0 Å². The summed E-state index contributed by atoms with van der Waals surface area (Å²) in [6, 6.07) is 5.22. The molecule has 6 heteroatoms. The van der Waals surface area contributed by atoms with Gasteiger partial charge in [0.2, 0.25) is 0 Å². The molecule has 1 N–H and O–H groups in total. The van der Waals surface area contributed by atoms with E-state index in [2.05, 4.69) is 37.2 Å². The number of hydrogen-bond acceptors (Lipinski definition) is 3. The second-order valence-electron chi connectivity index (χ2n) is 3.73. The molecule has 4 nitrogen and oxygen atoms in total.